The van der Waals surface area contributed by atoms with Gasteiger partial charge < -0.3 is 4.74 Å². The van der Waals surface area contributed by atoms with Gasteiger partial charge >= 0.3 is 5.97 Å². The lowest BCUT2D eigenvalue weighted by molar-refractivity contribution is -0.160. The van der Waals surface area contributed by atoms with Crippen molar-refractivity contribution < 1.29 is 9.53 Å². The van der Waals surface area contributed by atoms with E-state index in [-0.39, 0.29) is 17.8 Å². The number of carbonyl (C=O) groups excluding carboxylic acids is 1. The molecule has 1 aliphatic rings. The summed E-state index contributed by atoms with van der Waals surface area (Å²) in [5.41, 5.74) is 1.16. The maximum Gasteiger partial charge on any atom is 0.309 e. The molecule has 1 fully saturated rings. The summed E-state index contributed by atoms with van der Waals surface area (Å²) in [5, 5.41) is 10.3. The zero-order valence-corrected chi connectivity index (χ0v) is 18.3. The largest absolute Gasteiger partial charge is 0.465 e. The summed E-state index contributed by atoms with van der Waals surface area (Å²) in [7, 11) is 2.53. The van der Waals surface area contributed by atoms with E-state index in [2.05, 4.69) is 32.3 Å². The molecule has 0 radical (unpaired) electrons. The Morgan fingerprint density at radius 2 is 1.96 bits per heavy atom. The van der Waals surface area contributed by atoms with E-state index in [1.165, 1.54) is 0 Å². The van der Waals surface area contributed by atoms with Gasteiger partial charge in [0.2, 0.25) is 0 Å². The standard InChI is InChI=1S/C22H32N2O2Si/c1-17(15-27(4,5)6)14-19-20(12-13-26-21(19)25)22(16-23,24(2)3)18-10-8-7-9-11-18/h7-11,19-20H,1,12-15H2,2-6H3/t19-,20+,22?/m0/s1. The number of benzene rings is 1. The molecule has 2 rings (SSSR count). The van der Waals surface area contributed by atoms with Gasteiger partial charge in [0.1, 0.15) is 5.54 Å². The number of nitriles is 1. The third-order valence-corrected chi connectivity index (χ3v) is 6.94. The summed E-state index contributed by atoms with van der Waals surface area (Å²) in [6, 6.07) is 13.4. The van der Waals surface area contributed by atoms with Crippen LogP contribution in [0.5, 0.6) is 0 Å². The van der Waals surface area contributed by atoms with Gasteiger partial charge in [-0.1, -0.05) is 55.5 Å². The van der Waals surface area contributed by atoms with Gasteiger partial charge in [-0.2, -0.15) is 5.26 Å². The topological polar surface area (TPSA) is 53.3 Å². The Bertz CT molecular complexity index is 718. The summed E-state index contributed by atoms with van der Waals surface area (Å²) in [6.45, 7) is 11.5. The molecule has 0 aliphatic carbocycles. The van der Waals surface area contributed by atoms with Crippen molar-refractivity contribution in [2.24, 2.45) is 11.8 Å². The maximum absolute atomic E-state index is 12.7. The van der Waals surface area contributed by atoms with Crippen LogP contribution in [-0.2, 0) is 15.1 Å². The molecule has 1 heterocycles. The van der Waals surface area contributed by atoms with Crippen LogP contribution in [0.15, 0.2) is 42.5 Å². The third-order valence-electron chi connectivity index (χ3n) is 5.38. The van der Waals surface area contributed by atoms with Gasteiger partial charge in [0.25, 0.3) is 0 Å². The van der Waals surface area contributed by atoms with Crippen molar-refractivity contribution in [3.8, 4) is 6.07 Å². The Labute approximate surface area is 164 Å². The Balaban J connectivity index is 2.44. The van der Waals surface area contributed by atoms with E-state index in [4.69, 9.17) is 4.74 Å². The van der Waals surface area contributed by atoms with E-state index in [1.807, 2.05) is 49.3 Å². The van der Waals surface area contributed by atoms with E-state index < -0.39 is 13.6 Å². The van der Waals surface area contributed by atoms with Crippen molar-refractivity contribution >= 4 is 14.0 Å². The summed E-state index contributed by atoms with van der Waals surface area (Å²) in [5.74, 6) is -0.676. The Kier molecular flexibility index (Phi) is 6.66. The van der Waals surface area contributed by atoms with Crippen LogP contribution in [0, 0.1) is 23.2 Å². The van der Waals surface area contributed by atoms with Crippen LogP contribution in [-0.4, -0.2) is 39.6 Å². The van der Waals surface area contributed by atoms with Crippen molar-refractivity contribution in [1.29, 1.82) is 5.26 Å². The van der Waals surface area contributed by atoms with Crippen LogP contribution >= 0.6 is 0 Å². The SMILES string of the molecule is C=C(C[C@@H]1C(=O)OCC[C@H]1C(C#N)(c1ccccc1)N(C)C)C[Si](C)(C)C. The lowest BCUT2D eigenvalue weighted by atomic mass is 9.68. The van der Waals surface area contributed by atoms with Crippen LogP contribution in [0.2, 0.25) is 25.7 Å². The highest BCUT2D eigenvalue weighted by molar-refractivity contribution is 6.76. The first-order valence-electron chi connectivity index (χ1n) is 9.59. The van der Waals surface area contributed by atoms with E-state index in [0.717, 1.165) is 17.2 Å². The molecule has 0 bridgehead atoms. The van der Waals surface area contributed by atoms with Crippen LogP contribution in [0.3, 0.4) is 0 Å². The number of nitrogens with zero attached hydrogens (tertiary/aromatic N) is 2. The highest BCUT2D eigenvalue weighted by Gasteiger charge is 2.50. The average molecular weight is 385 g/mol. The molecular formula is C22H32N2O2Si. The predicted octanol–water partition coefficient (Wildman–Crippen LogP) is 4.43. The zero-order valence-electron chi connectivity index (χ0n) is 17.3. The summed E-state index contributed by atoms with van der Waals surface area (Å²) in [6.07, 6.45) is 1.27. The molecule has 0 aromatic heterocycles. The average Bonchev–Trinajstić information content (AvgIpc) is 2.58. The van der Waals surface area contributed by atoms with E-state index in [1.54, 1.807) is 0 Å². The Morgan fingerprint density at radius 1 is 1.33 bits per heavy atom. The van der Waals surface area contributed by atoms with Crippen LogP contribution < -0.4 is 0 Å². The Hall–Kier alpha value is -1.90. The molecule has 0 N–H and O–H groups in total. The molecule has 1 unspecified atom stereocenters. The molecule has 4 nitrogen and oxygen atoms in total. The molecule has 1 aliphatic heterocycles. The summed E-state index contributed by atoms with van der Waals surface area (Å²) < 4.78 is 5.41. The third kappa shape index (κ3) is 4.69. The molecule has 5 heteroatoms. The number of cyclic esters (lactones) is 1. The van der Waals surface area contributed by atoms with Gasteiger partial charge in [0.15, 0.2) is 0 Å². The molecule has 1 saturated heterocycles. The predicted molar refractivity (Wildman–Crippen MR) is 112 cm³/mol. The van der Waals surface area contributed by atoms with Gasteiger partial charge in [-0.15, -0.1) is 6.58 Å². The maximum atomic E-state index is 12.7. The second-order valence-corrected chi connectivity index (χ2v) is 14.5. The summed E-state index contributed by atoms with van der Waals surface area (Å²) in [4.78, 5) is 14.7. The molecular weight excluding hydrogens is 352 g/mol. The minimum absolute atomic E-state index is 0.139. The Morgan fingerprint density at radius 3 is 2.48 bits per heavy atom. The van der Waals surface area contributed by atoms with Crippen molar-refractivity contribution in [3.05, 3.63) is 48.0 Å². The lowest BCUT2D eigenvalue weighted by Crippen LogP contribution is -2.53. The first-order valence-corrected chi connectivity index (χ1v) is 13.3. The fraction of sp³-hybridized carbons (Fsp3) is 0.545. The van der Waals surface area contributed by atoms with Crippen molar-refractivity contribution in [3.63, 3.8) is 0 Å². The number of carbonyl (C=O) groups is 1. The zero-order chi connectivity index (χ0) is 20.2. The van der Waals surface area contributed by atoms with E-state index in [0.29, 0.717) is 19.4 Å². The second-order valence-electron chi connectivity index (χ2n) is 9.00. The highest BCUT2D eigenvalue weighted by atomic mass is 28.3. The molecule has 27 heavy (non-hydrogen) atoms. The number of hydrogen-bond donors (Lipinski definition) is 0. The first kappa shape index (κ1) is 21.4. The molecule has 3 atom stereocenters. The molecule has 1 aromatic rings. The minimum Gasteiger partial charge on any atom is -0.465 e. The molecule has 0 amide bonds. The van der Waals surface area contributed by atoms with Crippen molar-refractivity contribution in [2.45, 2.75) is 44.1 Å². The van der Waals surface area contributed by atoms with Crippen molar-refractivity contribution in [1.82, 2.24) is 4.90 Å². The number of allylic oxidation sites excluding steroid dienone is 1. The van der Waals surface area contributed by atoms with Gasteiger partial charge in [-0.3, -0.25) is 9.69 Å². The van der Waals surface area contributed by atoms with Gasteiger partial charge in [-0.05, 0) is 38.5 Å². The molecule has 0 spiro atoms. The molecule has 146 valence electrons. The normalized spacial score (nSPS) is 22.6. The number of hydrogen-bond acceptors (Lipinski definition) is 4. The second kappa shape index (κ2) is 8.41. The summed E-state index contributed by atoms with van der Waals surface area (Å²) >= 11 is 0. The van der Waals surface area contributed by atoms with E-state index >= 15 is 0 Å². The van der Waals surface area contributed by atoms with E-state index in [9.17, 15) is 10.1 Å². The van der Waals surface area contributed by atoms with Gasteiger partial charge in [-0.25, -0.2) is 0 Å². The lowest BCUT2D eigenvalue weighted by Gasteiger charge is -2.45. The van der Waals surface area contributed by atoms with Crippen molar-refractivity contribution in [2.75, 3.05) is 20.7 Å². The van der Waals surface area contributed by atoms with Gasteiger partial charge in [0.05, 0.1) is 18.6 Å². The van der Waals surface area contributed by atoms with Crippen LogP contribution in [0.4, 0.5) is 0 Å². The van der Waals surface area contributed by atoms with Gasteiger partial charge in [0, 0.05) is 14.0 Å². The molecule has 0 saturated carbocycles. The number of rotatable bonds is 7. The van der Waals surface area contributed by atoms with Crippen LogP contribution in [0.25, 0.3) is 0 Å². The number of esters is 1. The smallest absolute Gasteiger partial charge is 0.309 e. The monoisotopic (exact) mass is 384 g/mol. The highest BCUT2D eigenvalue weighted by Crippen LogP contribution is 2.45. The molecule has 1 aromatic carbocycles. The quantitative estimate of drug-likeness (QED) is 0.396. The fourth-order valence-electron chi connectivity index (χ4n) is 4.36. The minimum atomic E-state index is -1.32. The number of ether oxygens (including phenoxy) is 1. The fourth-order valence-corrected chi connectivity index (χ4v) is 6.01. The first-order chi connectivity index (χ1) is 12.6. The van der Waals surface area contributed by atoms with Crippen LogP contribution in [0.1, 0.15) is 18.4 Å².